The van der Waals surface area contributed by atoms with Gasteiger partial charge in [0.25, 0.3) is 5.56 Å². The van der Waals surface area contributed by atoms with Crippen LogP contribution in [-0.2, 0) is 6.42 Å². The third-order valence-corrected chi connectivity index (χ3v) is 6.45. The Morgan fingerprint density at radius 3 is 2.84 bits per heavy atom. The number of nitrogens with zero attached hydrogens (tertiary/aromatic N) is 1. The van der Waals surface area contributed by atoms with Gasteiger partial charge in [0.15, 0.2) is 16.3 Å². The lowest BCUT2D eigenvalue weighted by atomic mass is 9.87. The Balaban J connectivity index is 1.79. The average molecular weight is 454 g/mol. The summed E-state index contributed by atoms with van der Waals surface area (Å²) in [6.07, 6.45) is 0.758. The van der Waals surface area contributed by atoms with Crippen LogP contribution in [0.4, 0.5) is 0 Å². The van der Waals surface area contributed by atoms with Crippen molar-refractivity contribution in [3.8, 4) is 28.8 Å². The zero-order valence-electron chi connectivity index (χ0n) is 18.0. The molecule has 166 valence electrons. The number of hydrogen-bond acceptors (Lipinski definition) is 6. The van der Waals surface area contributed by atoms with E-state index >= 15 is 0 Å². The van der Waals surface area contributed by atoms with Gasteiger partial charge in [0, 0.05) is 12.1 Å². The molecule has 0 bridgehead atoms. The van der Waals surface area contributed by atoms with E-state index in [1.807, 2.05) is 38.2 Å². The summed E-state index contributed by atoms with van der Waals surface area (Å²) in [4.78, 5) is 16.9. The first kappa shape index (κ1) is 20.6. The van der Waals surface area contributed by atoms with Crippen molar-refractivity contribution in [1.82, 2.24) is 9.55 Å². The van der Waals surface area contributed by atoms with Gasteiger partial charge in [0.1, 0.15) is 6.04 Å². The highest BCUT2D eigenvalue weighted by Gasteiger charge is 2.39. The van der Waals surface area contributed by atoms with Gasteiger partial charge in [-0.05, 0) is 54.3 Å². The van der Waals surface area contributed by atoms with Crippen LogP contribution >= 0.6 is 12.2 Å². The standard InChI is InChI=1S/C23H23N3O5S/c1-12-5-4-6-14(9-12)26-22(28)17(21(27)24-23(26)32)18-16-13(7-8-25(18)2)10-15-19(20(16)29-3)31-11-30-15/h4-6,9-10,18,28H,7-8,11H2,1-3H3,(H,24,27,32). The summed E-state index contributed by atoms with van der Waals surface area (Å²) in [6.45, 7) is 2.78. The monoisotopic (exact) mass is 453 g/mol. The molecule has 8 nitrogen and oxygen atoms in total. The number of hydrogen-bond donors (Lipinski definition) is 2. The molecule has 0 fully saturated rings. The van der Waals surface area contributed by atoms with Crippen LogP contribution < -0.4 is 29.8 Å². The van der Waals surface area contributed by atoms with E-state index < -0.39 is 17.5 Å². The lowest BCUT2D eigenvalue weighted by molar-refractivity contribution is -0.908. The zero-order valence-corrected chi connectivity index (χ0v) is 18.8. The largest absolute Gasteiger partial charge is 0.859 e. The van der Waals surface area contributed by atoms with Crippen molar-refractivity contribution in [1.29, 1.82) is 0 Å². The van der Waals surface area contributed by atoms with Gasteiger partial charge < -0.3 is 28.8 Å². The molecule has 2 N–H and O–H groups in total. The fourth-order valence-corrected chi connectivity index (χ4v) is 4.98. The zero-order chi connectivity index (χ0) is 22.6. The summed E-state index contributed by atoms with van der Waals surface area (Å²) in [6, 6.07) is 8.83. The fourth-order valence-electron chi connectivity index (χ4n) is 4.70. The maximum atomic E-state index is 13.8. The van der Waals surface area contributed by atoms with Gasteiger partial charge in [-0.15, -0.1) is 0 Å². The van der Waals surface area contributed by atoms with Crippen LogP contribution in [0.5, 0.6) is 23.1 Å². The maximum absolute atomic E-state index is 13.8. The SMILES string of the molecule is COc1c2c(cc3c1C(c1c([O-])n(-c4cccc(C)c4)c(=S)[nH]c1=O)[NH+](C)CC3)OCO2. The van der Waals surface area contributed by atoms with E-state index in [9.17, 15) is 9.90 Å². The Kier molecular flexibility index (Phi) is 4.94. The van der Waals surface area contributed by atoms with E-state index in [1.54, 1.807) is 13.2 Å². The Bertz CT molecular complexity index is 1350. The third kappa shape index (κ3) is 3.08. The number of H-pyrrole nitrogens is 1. The van der Waals surface area contributed by atoms with E-state index in [0.29, 0.717) is 22.9 Å². The molecule has 0 radical (unpaired) electrons. The van der Waals surface area contributed by atoms with E-state index in [2.05, 4.69) is 4.98 Å². The number of ether oxygens (including phenoxy) is 3. The van der Waals surface area contributed by atoms with Crippen LogP contribution in [0, 0.1) is 11.7 Å². The third-order valence-electron chi connectivity index (χ3n) is 6.17. The summed E-state index contributed by atoms with van der Waals surface area (Å²) in [5.41, 5.74) is 2.98. The number of aromatic amines is 1. The molecule has 2 aromatic carbocycles. The van der Waals surface area contributed by atoms with Crippen LogP contribution in [0.1, 0.15) is 28.3 Å². The quantitative estimate of drug-likeness (QED) is 0.579. The summed E-state index contributed by atoms with van der Waals surface area (Å²) < 4.78 is 18.4. The topological polar surface area (TPSA) is 93.0 Å². The number of nitrogens with one attached hydrogen (secondary N) is 2. The number of likely N-dealkylation sites (N-methyl/N-ethyl adjacent to an activating group) is 1. The molecule has 9 heteroatoms. The van der Waals surface area contributed by atoms with Crippen LogP contribution in [0.2, 0.25) is 0 Å². The molecular formula is C23H23N3O5S. The highest BCUT2D eigenvalue weighted by Crippen LogP contribution is 2.48. The Labute approximate surface area is 189 Å². The smallest absolute Gasteiger partial charge is 0.260 e. The fraction of sp³-hybridized carbons (Fsp3) is 0.304. The second-order valence-corrected chi connectivity index (χ2v) is 8.53. The van der Waals surface area contributed by atoms with Crippen molar-refractivity contribution >= 4 is 12.2 Å². The molecule has 1 aromatic heterocycles. The van der Waals surface area contributed by atoms with Crippen molar-refractivity contribution in [3.05, 3.63) is 67.7 Å². The number of aryl methyl sites for hydroxylation is 1. The van der Waals surface area contributed by atoms with Gasteiger partial charge in [-0.3, -0.25) is 9.78 Å². The summed E-state index contributed by atoms with van der Waals surface area (Å²) in [7, 11) is 3.52. The minimum Gasteiger partial charge on any atom is -0.859 e. The minimum absolute atomic E-state index is 0.0701. The molecule has 0 spiro atoms. The second-order valence-electron chi connectivity index (χ2n) is 8.15. The number of methoxy groups -OCH3 is 1. The molecule has 0 saturated heterocycles. The van der Waals surface area contributed by atoms with Crippen LogP contribution in [0.3, 0.4) is 0 Å². The van der Waals surface area contributed by atoms with Crippen molar-refractivity contribution in [2.45, 2.75) is 19.4 Å². The number of benzene rings is 2. The predicted octanol–water partition coefficient (Wildman–Crippen LogP) is 1.17. The maximum Gasteiger partial charge on any atom is 0.260 e. The number of aromatic nitrogens is 2. The first-order valence-electron chi connectivity index (χ1n) is 10.4. The highest BCUT2D eigenvalue weighted by atomic mass is 32.1. The minimum atomic E-state index is -0.550. The van der Waals surface area contributed by atoms with Crippen molar-refractivity contribution in [2.24, 2.45) is 0 Å². The summed E-state index contributed by atoms with van der Waals surface area (Å²) >= 11 is 5.37. The van der Waals surface area contributed by atoms with E-state index in [1.165, 1.54) is 4.57 Å². The lowest BCUT2D eigenvalue weighted by Gasteiger charge is -2.35. The predicted molar refractivity (Wildman–Crippen MR) is 118 cm³/mol. The molecule has 0 aliphatic carbocycles. The molecule has 2 atom stereocenters. The number of fused-ring (bicyclic) bond motifs is 2. The van der Waals surface area contributed by atoms with E-state index in [4.69, 9.17) is 26.4 Å². The van der Waals surface area contributed by atoms with E-state index in [0.717, 1.165) is 34.6 Å². The Morgan fingerprint density at radius 2 is 2.09 bits per heavy atom. The summed E-state index contributed by atoms with van der Waals surface area (Å²) in [5, 5.41) is 13.8. The molecule has 3 heterocycles. The van der Waals surface area contributed by atoms with Crippen molar-refractivity contribution in [2.75, 3.05) is 27.5 Å². The van der Waals surface area contributed by atoms with Gasteiger partial charge in [-0.2, -0.15) is 0 Å². The van der Waals surface area contributed by atoms with Gasteiger partial charge in [0.2, 0.25) is 12.5 Å². The lowest BCUT2D eigenvalue weighted by Crippen LogP contribution is -3.10. The molecule has 2 aliphatic rings. The van der Waals surface area contributed by atoms with Gasteiger partial charge in [0.05, 0.1) is 31.8 Å². The number of rotatable bonds is 3. The molecule has 5 rings (SSSR count). The van der Waals surface area contributed by atoms with Crippen molar-refractivity contribution < 1.29 is 24.2 Å². The van der Waals surface area contributed by atoms with Gasteiger partial charge in [-0.1, -0.05) is 12.1 Å². The molecule has 2 aliphatic heterocycles. The molecule has 32 heavy (non-hydrogen) atoms. The van der Waals surface area contributed by atoms with Gasteiger partial charge in [-0.25, -0.2) is 0 Å². The van der Waals surface area contributed by atoms with Crippen molar-refractivity contribution in [3.63, 3.8) is 0 Å². The Morgan fingerprint density at radius 1 is 1.28 bits per heavy atom. The van der Waals surface area contributed by atoms with Crippen LogP contribution in [0.15, 0.2) is 35.1 Å². The first-order valence-corrected chi connectivity index (χ1v) is 10.8. The normalized spacial score (nSPS) is 19.0. The Hall–Kier alpha value is -3.30. The number of quaternary nitrogens is 1. The molecular weight excluding hydrogens is 430 g/mol. The van der Waals surface area contributed by atoms with E-state index in [-0.39, 0.29) is 17.1 Å². The molecule has 3 aromatic rings. The van der Waals surface area contributed by atoms with Crippen LogP contribution in [0.25, 0.3) is 5.69 Å². The molecule has 0 saturated carbocycles. The first-order chi connectivity index (χ1) is 15.4. The molecule has 2 unspecified atom stereocenters. The summed E-state index contributed by atoms with van der Waals surface area (Å²) in [5.74, 6) is 1.19. The van der Waals surface area contributed by atoms with Crippen LogP contribution in [-0.4, -0.2) is 37.0 Å². The second kappa shape index (κ2) is 7.68. The molecule has 0 amide bonds. The average Bonchev–Trinajstić information content (AvgIpc) is 3.21. The van der Waals surface area contributed by atoms with Gasteiger partial charge >= 0.3 is 0 Å². The highest BCUT2D eigenvalue weighted by molar-refractivity contribution is 7.71.